The number of amides is 2. The zero-order valence-electron chi connectivity index (χ0n) is 27.7. The van der Waals surface area contributed by atoms with Crippen molar-refractivity contribution < 1.29 is 23.6 Å². The van der Waals surface area contributed by atoms with Gasteiger partial charge in [-0.2, -0.15) is 5.10 Å². The number of carbonyl (C=O) groups excluding carboxylic acids is 4. The van der Waals surface area contributed by atoms with Gasteiger partial charge in [-0.15, -0.1) is 10.2 Å². The minimum absolute atomic E-state index is 0.0267. The van der Waals surface area contributed by atoms with Crippen LogP contribution in [0.3, 0.4) is 0 Å². The van der Waals surface area contributed by atoms with Crippen LogP contribution >= 0.6 is 0 Å². The topological polar surface area (TPSA) is 153 Å². The van der Waals surface area contributed by atoms with Crippen molar-refractivity contribution in [3.63, 3.8) is 0 Å². The highest BCUT2D eigenvalue weighted by molar-refractivity contribution is 6.07. The Balaban J connectivity index is 1.30. The summed E-state index contributed by atoms with van der Waals surface area (Å²) >= 11 is 0. The number of piperidine rings is 1. The van der Waals surface area contributed by atoms with Gasteiger partial charge >= 0.3 is 0 Å². The van der Waals surface area contributed by atoms with E-state index in [2.05, 4.69) is 20.5 Å². The number of pyridine rings is 1. The lowest BCUT2D eigenvalue weighted by molar-refractivity contribution is -0.139. The molecular formula is C36H39N7O5. The highest BCUT2D eigenvalue weighted by atomic mass is 16.4. The van der Waals surface area contributed by atoms with Crippen molar-refractivity contribution in [1.82, 2.24) is 35.2 Å². The minimum Gasteiger partial charge on any atom is -0.421 e. The van der Waals surface area contributed by atoms with Gasteiger partial charge in [0.2, 0.25) is 23.6 Å². The van der Waals surface area contributed by atoms with E-state index in [1.54, 1.807) is 16.5 Å². The maximum Gasteiger partial charge on any atom is 0.247 e. The molecule has 1 saturated carbocycles. The van der Waals surface area contributed by atoms with Crippen LogP contribution in [0.2, 0.25) is 0 Å². The Morgan fingerprint density at radius 3 is 2.69 bits per heavy atom. The molecule has 4 aromatic rings. The molecule has 3 aliphatic rings. The number of ketones is 2. The third-order valence-electron chi connectivity index (χ3n) is 9.99. The van der Waals surface area contributed by atoms with E-state index in [9.17, 15) is 19.2 Å². The smallest absolute Gasteiger partial charge is 0.247 e. The zero-order chi connectivity index (χ0) is 33.7. The van der Waals surface area contributed by atoms with Gasteiger partial charge in [-0.05, 0) is 75.3 Å². The Hall–Kier alpha value is -5.00. The first kappa shape index (κ1) is 31.6. The summed E-state index contributed by atoms with van der Waals surface area (Å²) in [6.45, 7) is 7.27. The lowest BCUT2D eigenvalue weighted by Gasteiger charge is -2.27. The van der Waals surface area contributed by atoms with Crippen LogP contribution in [0.15, 0.2) is 40.8 Å². The molecule has 0 unspecified atom stereocenters. The summed E-state index contributed by atoms with van der Waals surface area (Å²) in [6, 6.07) is 6.78. The van der Waals surface area contributed by atoms with Crippen molar-refractivity contribution in [3.8, 4) is 11.5 Å². The van der Waals surface area contributed by atoms with Crippen molar-refractivity contribution in [1.29, 1.82) is 0 Å². The fraction of sp³-hybridized carbons (Fsp3) is 0.444. The molecule has 48 heavy (non-hydrogen) atoms. The molecule has 3 atom stereocenters. The molecule has 7 rings (SSSR count). The van der Waals surface area contributed by atoms with E-state index in [0.29, 0.717) is 72.6 Å². The summed E-state index contributed by atoms with van der Waals surface area (Å²) < 4.78 is 7.34. The number of hydrogen-bond acceptors (Lipinski definition) is 9. The third kappa shape index (κ3) is 5.84. The molecule has 5 heterocycles. The van der Waals surface area contributed by atoms with Gasteiger partial charge in [-0.25, -0.2) is 0 Å². The first-order valence-corrected chi connectivity index (χ1v) is 16.6. The molecule has 2 bridgehead atoms. The van der Waals surface area contributed by atoms with Crippen LogP contribution in [0, 0.1) is 26.2 Å². The zero-order valence-corrected chi connectivity index (χ0v) is 27.7. The second-order valence-electron chi connectivity index (χ2n) is 13.5. The molecular weight excluding hydrogens is 610 g/mol. The first-order chi connectivity index (χ1) is 23.0. The molecule has 1 saturated heterocycles. The average molecular weight is 650 g/mol. The molecule has 248 valence electrons. The number of rotatable bonds is 5. The van der Waals surface area contributed by atoms with Gasteiger partial charge in [0.15, 0.2) is 11.6 Å². The fourth-order valence-electron chi connectivity index (χ4n) is 7.41. The summed E-state index contributed by atoms with van der Waals surface area (Å²) in [6.07, 6.45) is 7.66. The predicted molar refractivity (Wildman–Crippen MR) is 176 cm³/mol. The predicted octanol–water partition coefficient (Wildman–Crippen LogP) is 4.18. The molecule has 1 aromatic carbocycles. The molecule has 2 fully saturated rings. The highest BCUT2D eigenvalue weighted by Gasteiger charge is 2.66. The third-order valence-corrected chi connectivity index (χ3v) is 9.99. The quantitative estimate of drug-likeness (QED) is 0.248. The van der Waals surface area contributed by atoms with E-state index in [4.69, 9.17) is 9.52 Å². The molecule has 2 amide bonds. The summed E-state index contributed by atoms with van der Waals surface area (Å²) in [4.78, 5) is 60.5. The van der Waals surface area contributed by atoms with Gasteiger partial charge in [0.25, 0.3) is 0 Å². The van der Waals surface area contributed by atoms with Gasteiger partial charge in [-0.1, -0.05) is 18.2 Å². The van der Waals surface area contributed by atoms with Crippen LogP contribution in [0.25, 0.3) is 22.4 Å². The van der Waals surface area contributed by atoms with Crippen LogP contribution in [-0.4, -0.2) is 71.9 Å². The largest absolute Gasteiger partial charge is 0.421 e. The summed E-state index contributed by atoms with van der Waals surface area (Å²) in [7, 11) is 0. The number of Topliss-reactive ketones (excluding diaryl/α,β-unsaturated/α-hetero) is 2. The van der Waals surface area contributed by atoms with E-state index < -0.39 is 6.04 Å². The maximum absolute atomic E-state index is 14.4. The summed E-state index contributed by atoms with van der Waals surface area (Å²) in [5.41, 5.74) is 4.50. The molecule has 12 nitrogen and oxygen atoms in total. The van der Waals surface area contributed by atoms with Crippen LogP contribution in [0.1, 0.15) is 77.9 Å². The molecule has 0 radical (unpaired) electrons. The number of nitrogens with zero attached hydrogens (tertiary/aromatic N) is 6. The molecule has 1 N–H and O–H groups in total. The number of carbonyl (C=O) groups is 4. The van der Waals surface area contributed by atoms with E-state index in [0.717, 1.165) is 23.2 Å². The van der Waals surface area contributed by atoms with Gasteiger partial charge in [0, 0.05) is 54.9 Å². The Bertz CT molecular complexity index is 2010. The molecule has 12 heteroatoms. The standard InChI is InChI=1S/C36H39N7O5/c1-20-11-12-21(2)38-27(20)15-29(45)28-16-36-17-30(36)43(28)32(47)18-42-34-24(9-7-5-6-8-10-31(46)37-19-36)13-25(35-40-39-23(4)48-35)14-26(34)33(41-42)22(3)44/h5,7,11-14,28,30H,6,8-10,15-19H2,1-4H3,(H,37,46)/b7-5+/t28-,30+,36-/m0/s1. The lowest BCUT2D eigenvalue weighted by Crippen LogP contribution is -2.45. The molecule has 0 spiro atoms. The van der Waals surface area contributed by atoms with Gasteiger partial charge in [0.05, 0.1) is 23.7 Å². The molecule has 3 aromatic heterocycles. The van der Waals surface area contributed by atoms with Crippen LogP contribution in [0.5, 0.6) is 0 Å². The monoisotopic (exact) mass is 649 g/mol. The van der Waals surface area contributed by atoms with Crippen molar-refractivity contribution >= 4 is 34.3 Å². The Morgan fingerprint density at radius 2 is 1.92 bits per heavy atom. The van der Waals surface area contributed by atoms with Crippen molar-refractivity contribution in [2.75, 3.05) is 6.54 Å². The number of allylic oxidation sites excluding steroid dienone is 2. The van der Waals surface area contributed by atoms with Crippen molar-refractivity contribution in [3.05, 3.63) is 70.5 Å². The second kappa shape index (κ2) is 12.2. The maximum atomic E-state index is 14.4. The number of benzene rings is 1. The average Bonchev–Trinajstić information content (AvgIpc) is 3.32. The SMILES string of the molecule is CC(=O)c1nn2c3c(cc(-c4nnc(C)o4)cc13)C/C=C/CCCC(=O)NC[C@@]13C[C@@H](C(=O)Cc4nc(C)ccc4C)N(C(=O)C2)[C@@H]1C3. The Morgan fingerprint density at radius 1 is 1.08 bits per heavy atom. The van der Waals surface area contributed by atoms with E-state index in [1.807, 2.05) is 50.3 Å². The second-order valence-corrected chi connectivity index (χ2v) is 13.5. The molecule has 1 aliphatic carbocycles. The number of nitrogens with one attached hydrogen (secondary N) is 1. The number of hydrogen-bond donors (Lipinski definition) is 1. The van der Waals surface area contributed by atoms with Gasteiger partial charge in [0.1, 0.15) is 12.2 Å². The summed E-state index contributed by atoms with van der Waals surface area (Å²) in [5, 5.41) is 16.6. The first-order valence-electron chi connectivity index (χ1n) is 16.6. The van der Waals surface area contributed by atoms with E-state index in [-0.39, 0.29) is 53.5 Å². The van der Waals surface area contributed by atoms with Crippen LogP contribution in [-0.2, 0) is 33.8 Å². The minimum atomic E-state index is -0.655. The fourth-order valence-corrected chi connectivity index (χ4v) is 7.41. The molecule has 2 aliphatic heterocycles. The van der Waals surface area contributed by atoms with Gasteiger partial charge in [-0.3, -0.25) is 28.8 Å². The van der Waals surface area contributed by atoms with Crippen molar-refractivity contribution in [2.24, 2.45) is 5.41 Å². The van der Waals surface area contributed by atoms with E-state index in [1.165, 1.54) is 6.92 Å². The van der Waals surface area contributed by atoms with Crippen LogP contribution < -0.4 is 5.32 Å². The van der Waals surface area contributed by atoms with Crippen molar-refractivity contribution in [2.45, 2.75) is 91.3 Å². The number of aryl methyl sites for hydroxylation is 3. The highest BCUT2D eigenvalue weighted by Crippen LogP contribution is 2.59. The van der Waals surface area contributed by atoms with E-state index >= 15 is 0 Å². The van der Waals surface area contributed by atoms with Gasteiger partial charge < -0.3 is 14.6 Å². The summed E-state index contributed by atoms with van der Waals surface area (Å²) in [5.74, 6) is 0.156. The lowest BCUT2D eigenvalue weighted by atomic mass is 9.94. The number of aromatic nitrogens is 5. The Kier molecular flexibility index (Phi) is 8.04. The van der Waals surface area contributed by atoms with Crippen LogP contribution in [0.4, 0.5) is 0 Å². The normalized spacial score (nSPS) is 23.5. The Labute approximate surface area is 278 Å².